The molecule has 0 unspecified atom stereocenters. The van der Waals surface area contributed by atoms with Gasteiger partial charge in [0.2, 0.25) is 5.91 Å². The zero-order valence-electron chi connectivity index (χ0n) is 16.6. The van der Waals surface area contributed by atoms with Crippen molar-refractivity contribution in [3.63, 3.8) is 0 Å². The van der Waals surface area contributed by atoms with Crippen molar-refractivity contribution in [3.8, 4) is 5.75 Å². The summed E-state index contributed by atoms with van der Waals surface area (Å²) < 4.78 is 5.76. The lowest BCUT2D eigenvalue weighted by molar-refractivity contribution is -0.120. The van der Waals surface area contributed by atoms with Gasteiger partial charge in [-0.3, -0.25) is 4.79 Å². The number of thiazole rings is 2. The summed E-state index contributed by atoms with van der Waals surface area (Å²) >= 11 is 3.34. The minimum absolute atomic E-state index is 0.00243. The van der Waals surface area contributed by atoms with Crippen LogP contribution in [0.15, 0.2) is 29.6 Å². The summed E-state index contributed by atoms with van der Waals surface area (Å²) in [6, 6.07) is 7.95. The second-order valence-corrected chi connectivity index (χ2v) is 9.41. The first kappa shape index (κ1) is 20.0. The summed E-state index contributed by atoms with van der Waals surface area (Å²) in [6.07, 6.45) is 5.90. The van der Waals surface area contributed by atoms with Gasteiger partial charge in [-0.15, -0.1) is 22.7 Å². The topological polar surface area (TPSA) is 64.1 Å². The van der Waals surface area contributed by atoms with Crippen LogP contribution >= 0.6 is 22.7 Å². The highest BCUT2D eigenvalue weighted by Crippen LogP contribution is 2.26. The molecule has 0 spiro atoms. The Morgan fingerprint density at radius 1 is 1.14 bits per heavy atom. The Morgan fingerprint density at radius 2 is 1.97 bits per heavy atom. The van der Waals surface area contributed by atoms with Gasteiger partial charge in [-0.1, -0.05) is 17.7 Å². The SMILES string of the molecule is Cc1ccc(OCc2nc(CC(=O)NCCc3nc4c(s3)CCCC4)cs2)cc1. The lowest BCUT2D eigenvalue weighted by Gasteiger charge is -2.06. The maximum atomic E-state index is 12.2. The number of aromatic nitrogens is 2. The van der Waals surface area contributed by atoms with E-state index in [1.54, 1.807) is 0 Å². The van der Waals surface area contributed by atoms with E-state index >= 15 is 0 Å². The molecule has 152 valence electrons. The summed E-state index contributed by atoms with van der Waals surface area (Å²) in [6.45, 7) is 3.09. The zero-order valence-corrected chi connectivity index (χ0v) is 18.2. The molecule has 0 bridgehead atoms. The molecule has 4 rings (SSSR count). The molecule has 1 amide bonds. The molecule has 2 aromatic heterocycles. The third-order valence-electron chi connectivity index (χ3n) is 4.88. The summed E-state index contributed by atoms with van der Waals surface area (Å²) in [5, 5.41) is 6.94. The molecule has 5 nitrogen and oxygen atoms in total. The van der Waals surface area contributed by atoms with Crippen LogP contribution < -0.4 is 10.1 Å². The van der Waals surface area contributed by atoms with Crippen molar-refractivity contribution in [2.45, 2.75) is 52.1 Å². The molecular weight excluding hydrogens is 402 g/mol. The number of aryl methyl sites for hydroxylation is 3. The van der Waals surface area contributed by atoms with Crippen LogP contribution in [0.1, 0.15) is 44.7 Å². The van der Waals surface area contributed by atoms with Crippen molar-refractivity contribution in [1.29, 1.82) is 0 Å². The Balaban J connectivity index is 1.19. The van der Waals surface area contributed by atoms with Crippen LogP contribution in [0.4, 0.5) is 0 Å². The van der Waals surface area contributed by atoms with Gasteiger partial charge >= 0.3 is 0 Å². The standard InChI is InChI=1S/C22H25N3O2S2/c1-15-6-8-17(9-7-15)27-13-22-24-16(14-28-22)12-20(26)23-11-10-21-25-18-4-2-3-5-19(18)29-21/h6-9,14H,2-5,10-13H2,1H3,(H,23,26). The summed E-state index contributed by atoms with van der Waals surface area (Å²) in [4.78, 5) is 22.9. The number of hydrogen-bond donors (Lipinski definition) is 1. The molecule has 3 aromatic rings. The van der Waals surface area contributed by atoms with E-state index in [9.17, 15) is 4.79 Å². The van der Waals surface area contributed by atoms with Crippen molar-refractivity contribution in [3.05, 3.63) is 61.5 Å². The maximum absolute atomic E-state index is 12.2. The second kappa shape index (κ2) is 9.50. The van der Waals surface area contributed by atoms with Crippen LogP contribution in [-0.4, -0.2) is 22.4 Å². The van der Waals surface area contributed by atoms with Gasteiger partial charge in [0.25, 0.3) is 0 Å². The van der Waals surface area contributed by atoms with Crippen molar-refractivity contribution in [1.82, 2.24) is 15.3 Å². The van der Waals surface area contributed by atoms with Gasteiger partial charge in [-0.25, -0.2) is 9.97 Å². The third-order valence-corrected chi connectivity index (χ3v) is 6.96. The first-order valence-corrected chi connectivity index (χ1v) is 11.7. The number of ether oxygens (including phenoxy) is 1. The van der Waals surface area contributed by atoms with Gasteiger partial charge < -0.3 is 10.1 Å². The van der Waals surface area contributed by atoms with Crippen LogP contribution in [0.3, 0.4) is 0 Å². The fourth-order valence-electron chi connectivity index (χ4n) is 3.32. The Morgan fingerprint density at radius 3 is 2.79 bits per heavy atom. The highest BCUT2D eigenvalue weighted by atomic mass is 32.1. The first-order valence-electron chi connectivity index (χ1n) is 10.0. The fraction of sp³-hybridized carbons (Fsp3) is 0.409. The number of amides is 1. The Bertz CT molecular complexity index is 939. The zero-order chi connectivity index (χ0) is 20.1. The van der Waals surface area contributed by atoms with Crippen LogP contribution in [0, 0.1) is 6.92 Å². The smallest absolute Gasteiger partial charge is 0.226 e. The Labute approximate surface area is 179 Å². The van der Waals surface area contributed by atoms with E-state index in [0.29, 0.717) is 19.6 Å². The van der Waals surface area contributed by atoms with E-state index in [-0.39, 0.29) is 5.91 Å². The van der Waals surface area contributed by atoms with E-state index in [2.05, 4.69) is 10.3 Å². The normalized spacial score (nSPS) is 13.1. The number of carbonyl (C=O) groups is 1. The molecular formula is C22H25N3O2S2. The molecule has 0 fully saturated rings. The second-order valence-electron chi connectivity index (χ2n) is 7.30. The number of hydrogen-bond acceptors (Lipinski definition) is 6. The molecule has 2 heterocycles. The molecule has 29 heavy (non-hydrogen) atoms. The monoisotopic (exact) mass is 427 g/mol. The maximum Gasteiger partial charge on any atom is 0.226 e. The van der Waals surface area contributed by atoms with Crippen LogP contribution in [0.5, 0.6) is 5.75 Å². The lowest BCUT2D eigenvalue weighted by atomic mass is 10.0. The van der Waals surface area contributed by atoms with Gasteiger partial charge in [0.1, 0.15) is 17.4 Å². The van der Waals surface area contributed by atoms with Gasteiger partial charge in [-0.2, -0.15) is 0 Å². The Hall–Kier alpha value is -2.25. The molecule has 1 N–H and O–H groups in total. The molecule has 0 saturated carbocycles. The highest BCUT2D eigenvalue weighted by Gasteiger charge is 2.15. The average molecular weight is 428 g/mol. The molecule has 7 heteroatoms. The van der Waals surface area contributed by atoms with E-state index in [1.165, 1.54) is 46.7 Å². The number of nitrogens with one attached hydrogen (secondary N) is 1. The van der Waals surface area contributed by atoms with E-state index < -0.39 is 0 Å². The molecule has 0 radical (unpaired) electrons. The molecule has 0 atom stereocenters. The summed E-state index contributed by atoms with van der Waals surface area (Å²) in [5.41, 5.74) is 3.28. The molecule has 1 aliphatic rings. The van der Waals surface area contributed by atoms with E-state index in [1.807, 2.05) is 47.9 Å². The van der Waals surface area contributed by atoms with Crippen LogP contribution in [0.2, 0.25) is 0 Å². The molecule has 0 saturated heterocycles. The Kier molecular flexibility index (Phi) is 6.56. The predicted octanol–water partition coefficient (Wildman–Crippen LogP) is 4.27. The van der Waals surface area contributed by atoms with Crippen LogP contribution in [0.25, 0.3) is 0 Å². The minimum atomic E-state index is 0.00243. The average Bonchev–Trinajstić information content (AvgIpc) is 3.33. The minimum Gasteiger partial charge on any atom is -0.486 e. The largest absolute Gasteiger partial charge is 0.486 e. The third kappa shape index (κ3) is 5.64. The van der Waals surface area contributed by atoms with E-state index in [0.717, 1.165) is 34.3 Å². The molecule has 1 aliphatic carbocycles. The van der Waals surface area contributed by atoms with Crippen molar-refractivity contribution in [2.75, 3.05) is 6.54 Å². The quantitative estimate of drug-likeness (QED) is 0.583. The summed E-state index contributed by atoms with van der Waals surface area (Å²) in [7, 11) is 0. The van der Waals surface area contributed by atoms with Crippen molar-refractivity contribution in [2.24, 2.45) is 0 Å². The first-order chi connectivity index (χ1) is 14.2. The number of rotatable bonds is 8. The lowest BCUT2D eigenvalue weighted by Crippen LogP contribution is -2.27. The molecule has 0 aliphatic heterocycles. The number of nitrogens with zero attached hydrogens (tertiary/aromatic N) is 2. The number of benzene rings is 1. The predicted molar refractivity (Wildman–Crippen MR) is 117 cm³/mol. The highest BCUT2D eigenvalue weighted by molar-refractivity contribution is 7.11. The molecule has 1 aromatic carbocycles. The van der Waals surface area contributed by atoms with Crippen molar-refractivity contribution >= 4 is 28.6 Å². The van der Waals surface area contributed by atoms with Gasteiger partial charge in [0.05, 0.1) is 22.8 Å². The van der Waals surface area contributed by atoms with Gasteiger partial charge in [0, 0.05) is 23.2 Å². The van der Waals surface area contributed by atoms with Gasteiger partial charge in [0.15, 0.2) is 0 Å². The van der Waals surface area contributed by atoms with E-state index in [4.69, 9.17) is 9.72 Å². The number of carbonyl (C=O) groups excluding carboxylic acids is 1. The van der Waals surface area contributed by atoms with Gasteiger partial charge in [-0.05, 0) is 44.7 Å². The number of fused-ring (bicyclic) bond motifs is 1. The fourth-order valence-corrected chi connectivity index (χ4v) is 5.19. The summed E-state index contributed by atoms with van der Waals surface area (Å²) in [5.74, 6) is 0.830. The van der Waals surface area contributed by atoms with Crippen molar-refractivity contribution < 1.29 is 9.53 Å². The van der Waals surface area contributed by atoms with Crippen LogP contribution in [-0.2, 0) is 37.1 Å².